The van der Waals surface area contributed by atoms with Crippen LogP contribution in [0.4, 0.5) is 4.39 Å². The van der Waals surface area contributed by atoms with Crippen LogP contribution in [0, 0.1) is 5.82 Å². The molecule has 0 saturated heterocycles. The molecule has 1 N–H and O–H groups in total. The van der Waals surface area contributed by atoms with Gasteiger partial charge in [0, 0.05) is 13.1 Å². The number of carbonyl (C=O) groups is 2. The van der Waals surface area contributed by atoms with Crippen molar-refractivity contribution in [2.75, 3.05) is 6.54 Å². The number of hydrogen-bond acceptors (Lipinski definition) is 2. The molecule has 4 nitrogen and oxygen atoms in total. The van der Waals surface area contributed by atoms with Crippen molar-refractivity contribution < 1.29 is 14.0 Å². The summed E-state index contributed by atoms with van der Waals surface area (Å²) in [6.45, 7) is 4.28. The molecule has 2 aromatic rings. The first-order chi connectivity index (χ1) is 13.3. The molecule has 2 aromatic carbocycles. The Balaban J connectivity index is 2.26. The highest BCUT2D eigenvalue weighted by atomic mass is 35.5. The minimum atomic E-state index is -0.722. The monoisotopic (exact) mass is 424 g/mol. The Labute approximate surface area is 174 Å². The third kappa shape index (κ3) is 5.94. The van der Waals surface area contributed by atoms with Crippen molar-refractivity contribution in [3.63, 3.8) is 0 Å². The Morgan fingerprint density at radius 1 is 1.14 bits per heavy atom. The van der Waals surface area contributed by atoms with Gasteiger partial charge < -0.3 is 10.2 Å². The molecule has 28 heavy (non-hydrogen) atoms. The molecule has 2 amide bonds. The first kappa shape index (κ1) is 22.2. The molecule has 0 radical (unpaired) electrons. The van der Waals surface area contributed by atoms with E-state index in [1.54, 1.807) is 43.3 Å². The molecule has 0 aromatic heterocycles. The predicted molar refractivity (Wildman–Crippen MR) is 110 cm³/mol. The largest absolute Gasteiger partial charge is 0.354 e. The number of halogens is 3. The van der Waals surface area contributed by atoms with Gasteiger partial charge in [-0.3, -0.25) is 9.59 Å². The highest BCUT2D eigenvalue weighted by Crippen LogP contribution is 2.24. The second-order valence-electron chi connectivity index (χ2n) is 6.51. The van der Waals surface area contributed by atoms with Crippen molar-refractivity contribution in [2.45, 2.75) is 39.3 Å². The zero-order chi connectivity index (χ0) is 20.7. The lowest BCUT2D eigenvalue weighted by atomic mass is 10.1. The summed E-state index contributed by atoms with van der Waals surface area (Å²) in [6.07, 6.45) is 0.647. The zero-order valence-electron chi connectivity index (χ0n) is 15.8. The number of hydrogen-bond donors (Lipinski definition) is 1. The summed E-state index contributed by atoms with van der Waals surface area (Å²) in [4.78, 5) is 26.8. The predicted octanol–water partition coefficient (Wildman–Crippen LogP) is 4.62. The fourth-order valence-corrected chi connectivity index (χ4v) is 3.04. The first-order valence-electron chi connectivity index (χ1n) is 9.08. The van der Waals surface area contributed by atoms with E-state index in [0.29, 0.717) is 16.6 Å². The lowest BCUT2D eigenvalue weighted by molar-refractivity contribution is -0.140. The average molecular weight is 425 g/mol. The molecule has 0 heterocycles. The summed E-state index contributed by atoms with van der Waals surface area (Å²) in [6, 6.07) is 10.4. The highest BCUT2D eigenvalue weighted by molar-refractivity contribution is 6.42. The van der Waals surface area contributed by atoms with E-state index in [2.05, 4.69) is 5.32 Å². The van der Waals surface area contributed by atoms with Crippen LogP contribution in [0.2, 0.25) is 10.0 Å². The summed E-state index contributed by atoms with van der Waals surface area (Å²) in [5.41, 5.74) is 1.01. The molecule has 0 spiro atoms. The SMILES string of the molecule is CCCNC(=O)[C@@H](C)N(Cc1ccc(Cl)c(Cl)c1)C(=O)Cc1ccccc1F. The summed E-state index contributed by atoms with van der Waals surface area (Å²) in [5.74, 6) is -1.06. The van der Waals surface area contributed by atoms with Gasteiger partial charge in [0.15, 0.2) is 0 Å². The molecule has 7 heteroatoms. The maximum absolute atomic E-state index is 14.0. The molecule has 2 rings (SSSR count). The summed E-state index contributed by atoms with van der Waals surface area (Å²) in [7, 11) is 0. The number of nitrogens with one attached hydrogen (secondary N) is 1. The van der Waals surface area contributed by atoms with Crippen molar-refractivity contribution in [1.82, 2.24) is 10.2 Å². The standard InChI is InChI=1S/C21H23Cl2FN2O2/c1-3-10-25-21(28)14(2)26(13-15-8-9-17(22)18(23)11-15)20(27)12-16-6-4-5-7-19(16)24/h4-9,11,14H,3,10,12-13H2,1-2H3,(H,25,28)/t14-/m1/s1. The third-order valence-electron chi connectivity index (χ3n) is 4.35. The summed E-state index contributed by atoms with van der Waals surface area (Å²) < 4.78 is 14.0. The van der Waals surface area contributed by atoms with E-state index in [9.17, 15) is 14.0 Å². The Kier molecular flexibility index (Phi) is 8.27. The van der Waals surface area contributed by atoms with Crippen molar-refractivity contribution in [2.24, 2.45) is 0 Å². The van der Waals surface area contributed by atoms with Gasteiger partial charge in [-0.25, -0.2) is 4.39 Å². The Morgan fingerprint density at radius 3 is 2.50 bits per heavy atom. The molecular weight excluding hydrogens is 402 g/mol. The molecular formula is C21H23Cl2FN2O2. The second-order valence-corrected chi connectivity index (χ2v) is 7.32. The second kappa shape index (κ2) is 10.4. The molecule has 0 aliphatic carbocycles. The summed E-state index contributed by atoms with van der Waals surface area (Å²) >= 11 is 12.0. The van der Waals surface area contributed by atoms with E-state index in [0.717, 1.165) is 12.0 Å². The topological polar surface area (TPSA) is 49.4 Å². The fraction of sp³-hybridized carbons (Fsp3) is 0.333. The van der Waals surface area contributed by atoms with Gasteiger partial charge in [-0.15, -0.1) is 0 Å². The highest BCUT2D eigenvalue weighted by Gasteiger charge is 2.26. The number of amides is 2. The average Bonchev–Trinajstić information content (AvgIpc) is 2.68. The number of carbonyl (C=O) groups excluding carboxylic acids is 2. The van der Waals surface area contributed by atoms with Crippen LogP contribution in [0.1, 0.15) is 31.4 Å². The maximum atomic E-state index is 14.0. The molecule has 150 valence electrons. The smallest absolute Gasteiger partial charge is 0.242 e. The zero-order valence-corrected chi connectivity index (χ0v) is 17.4. The van der Waals surface area contributed by atoms with Crippen LogP contribution in [0.3, 0.4) is 0 Å². The fourth-order valence-electron chi connectivity index (χ4n) is 2.72. The van der Waals surface area contributed by atoms with Crippen LogP contribution in [0.5, 0.6) is 0 Å². The number of benzene rings is 2. The van der Waals surface area contributed by atoms with Gasteiger partial charge in [-0.2, -0.15) is 0 Å². The van der Waals surface area contributed by atoms with Gasteiger partial charge in [0.1, 0.15) is 11.9 Å². The molecule has 0 unspecified atom stereocenters. The summed E-state index contributed by atoms with van der Waals surface area (Å²) in [5, 5.41) is 3.57. The van der Waals surface area contributed by atoms with Crippen LogP contribution in [0.15, 0.2) is 42.5 Å². The normalized spacial score (nSPS) is 11.8. The Hall–Kier alpha value is -2.11. The molecule has 0 aliphatic heterocycles. The molecule has 0 fully saturated rings. The van der Waals surface area contributed by atoms with Crippen LogP contribution in [-0.2, 0) is 22.6 Å². The molecule has 1 atom stereocenters. The van der Waals surface area contributed by atoms with Crippen molar-refractivity contribution in [1.29, 1.82) is 0 Å². The molecule has 0 saturated carbocycles. The van der Waals surface area contributed by atoms with Gasteiger partial charge >= 0.3 is 0 Å². The first-order valence-corrected chi connectivity index (χ1v) is 9.83. The van der Waals surface area contributed by atoms with Crippen LogP contribution in [0.25, 0.3) is 0 Å². The van der Waals surface area contributed by atoms with Crippen molar-refractivity contribution in [3.8, 4) is 0 Å². The van der Waals surface area contributed by atoms with Gasteiger partial charge in [-0.05, 0) is 42.7 Å². The minimum Gasteiger partial charge on any atom is -0.354 e. The Morgan fingerprint density at radius 2 is 1.86 bits per heavy atom. The lowest BCUT2D eigenvalue weighted by Gasteiger charge is -2.29. The van der Waals surface area contributed by atoms with E-state index < -0.39 is 11.9 Å². The van der Waals surface area contributed by atoms with E-state index >= 15 is 0 Å². The van der Waals surface area contributed by atoms with Crippen molar-refractivity contribution in [3.05, 3.63) is 69.5 Å². The van der Waals surface area contributed by atoms with Crippen LogP contribution in [-0.4, -0.2) is 29.3 Å². The number of rotatable bonds is 8. The van der Waals surface area contributed by atoms with Gasteiger partial charge in [0.2, 0.25) is 11.8 Å². The van der Waals surface area contributed by atoms with Crippen LogP contribution >= 0.6 is 23.2 Å². The third-order valence-corrected chi connectivity index (χ3v) is 5.09. The molecule has 0 bridgehead atoms. The van der Waals surface area contributed by atoms with E-state index in [-0.39, 0.29) is 30.3 Å². The quantitative estimate of drug-likeness (QED) is 0.671. The van der Waals surface area contributed by atoms with Gasteiger partial charge in [-0.1, -0.05) is 54.4 Å². The minimum absolute atomic E-state index is 0.139. The van der Waals surface area contributed by atoms with E-state index in [4.69, 9.17) is 23.2 Å². The Bertz CT molecular complexity index is 845. The number of nitrogens with zero attached hydrogens (tertiary/aromatic N) is 1. The molecule has 0 aliphatic rings. The van der Waals surface area contributed by atoms with Gasteiger partial charge in [0.25, 0.3) is 0 Å². The van der Waals surface area contributed by atoms with Gasteiger partial charge in [0.05, 0.1) is 16.5 Å². The lowest BCUT2D eigenvalue weighted by Crippen LogP contribution is -2.48. The van der Waals surface area contributed by atoms with Crippen molar-refractivity contribution >= 4 is 35.0 Å². The van der Waals surface area contributed by atoms with E-state index in [1.165, 1.54) is 11.0 Å². The van der Waals surface area contributed by atoms with Crippen LogP contribution < -0.4 is 5.32 Å². The maximum Gasteiger partial charge on any atom is 0.242 e. The van der Waals surface area contributed by atoms with E-state index in [1.807, 2.05) is 6.92 Å².